The lowest BCUT2D eigenvalue weighted by molar-refractivity contribution is -0.185. The molecule has 3 aromatic heterocycles. The number of nitrogens with zero attached hydrogens (tertiary/aromatic N) is 5. The van der Waals surface area contributed by atoms with E-state index in [1.54, 1.807) is 4.52 Å². The van der Waals surface area contributed by atoms with Crippen molar-refractivity contribution in [2.45, 2.75) is 104 Å². The highest BCUT2D eigenvalue weighted by Gasteiger charge is 2.51. The summed E-state index contributed by atoms with van der Waals surface area (Å²) in [6.07, 6.45) is 6.92. The van der Waals surface area contributed by atoms with Crippen LogP contribution in [0.4, 0.5) is 0 Å². The van der Waals surface area contributed by atoms with Crippen molar-refractivity contribution in [1.29, 1.82) is 0 Å². The van der Waals surface area contributed by atoms with Gasteiger partial charge in [-0.15, -0.1) is 5.10 Å². The van der Waals surface area contributed by atoms with Crippen molar-refractivity contribution >= 4 is 17.5 Å². The van der Waals surface area contributed by atoms with Gasteiger partial charge in [0.2, 0.25) is 0 Å². The fourth-order valence-electron chi connectivity index (χ4n) is 6.21. The van der Waals surface area contributed by atoms with Crippen molar-refractivity contribution in [3.8, 4) is 0 Å². The fourth-order valence-corrected chi connectivity index (χ4v) is 6.21. The molecule has 8 heteroatoms. The van der Waals surface area contributed by atoms with Crippen LogP contribution in [-0.4, -0.2) is 41.9 Å². The molecule has 3 aromatic rings. The molecule has 0 bridgehead atoms. The van der Waals surface area contributed by atoms with Gasteiger partial charge in [0.25, 0.3) is 5.78 Å². The Morgan fingerprint density at radius 3 is 2.53 bits per heavy atom. The number of pyridine rings is 1. The number of hydrogen-bond acceptors (Lipinski definition) is 7. The topological polar surface area (TPSA) is 99.3 Å². The summed E-state index contributed by atoms with van der Waals surface area (Å²) in [6, 6.07) is 6.27. The Morgan fingerprint density at radius 2 is 1.84 bits per heavy atom. The molecule has 2 aliphatic rings. The molecule has 5 rings (SSSR count). The molecule has 1 saturated carbocycles. The monoisotopic (exact) mass is 517 g/mol. The van der Waals surface area contributed by atoms with E-state index in [1.165, 1.54) is 5.56 Å². The Kier molecular flexibility index (Phi) is 7.34. The van der Waals surface area contributed by atoms with Crippen molar-refractivity contribution in [2.24, 2.45) is 11.8 Å². The second-order valence-corrected chi connectivity index (χ2v) is 11.5. The van der Waals surface area contributed by atoms with Crippen molar-refractivity contribution in [2.75, 3.05) is 0 Å². The smallest absolute Gasteiger partial charge is 0.317 e. The van der Waals surface area contributed by atoms with Crippen LogP contribution in [-0.2, 0) is 33.6 Å². The molecule has 1 aliphatic carbocycles. The summed E-state index contributed by atoms with van der Waals surface area (Å²) in [5.41, 5.74) is 4.40. The zero-order valence-electron chi connectivity index (χ0n) is 23.3. The summed E-state index contributed by atoms with van der Waals surface area (Å²) in [4.78, 5) is 40.7. The van der Waals surface area contributed by atoms with E-state index < -0.39 is 17.5 Å². The number of carbonyl (C=O) groups is 2. The molecular weight excluding hydrogens is 478 g/mol. The maximum absolute atomic E-state index is 13.6. The van der Waals surface area contributed by atoms with E-state index >= 15 is 0 Å². The highest BCUT2D eigenvalue weighted by Crippen LogP contribution is 2.45. The number of Topliss-reactive ketones (excluding diaryl/α,β-unsaturated/α-hetero) is 1. The SMILES string of the molecule is CCc1cc(CCC2(C3CCCC3)CC(=O)C(Cc3nc4nc(C)cc(C)n4n3)C(=O)O2)cc(C(C)C)n1. The molecule has 2 fully saturated rings. The molecule has 0 radical (unpaired) electrons. The number of hydrogen-bond donors (Lipinski definition) is 0. The second-order valence-electron chi connectivity index (χ2n) is 11.5. The number of cyclic esters (lactones) is 1. The number of rotatable bonds is 8. The Labute approximate surface area is 224 Å². The molecule has 4 heterocycles. The molecule has 0 amide bonds. The highest BCUT2D eigenvalue weighted by atomic mass is 16.6. The molecule has 202 valence electrons. The number of carbonyl (C=O) groups excluding carboxylic acids is 2. The Morgan fingerprint density at radius 1 is 1.08 bits per heavy atom. The number of aromatic nitrogens is 5. The molecule has 1 aliphatic heterocycles. The van der Waals surface area contributed by atoms with Gasteiger partial charge in [-0.2, -0.15) is 4.98 Å². The van der Waals surface area contributed by atoms with Gasteiger partial charge in [-0.25, -0.2) is 9.50 Å². The van der Waals surface area contributed by atoms with Crippen molar-refractivity contribution in [3.05, 3.63) is 52.4 Å². The normalized spacial score (nSPS) is 22.5. The first-order chi connectivity index (χ1) is 18.2. The number of ether oxygens (including phenoxy) is 1. The lowest BCUT2D eigenvalue weighted by Crippen LogP contribution is -2.52. The Bertz CT molecular complexity index is 1340. The highest BCUT2D eigenvalue weighted by molar-refractivity contribution is 6.01. The largest absolute Gasteiger partial charge is 0.458 e. The van der Waals surface area contributed by atoms with Gasteiger partial charge < -0.3 is 4.74 Å². The van der Waals surface area contributed by atoms with Crippen LogP contribution in [0.25, 0.3) is 5.78 Å². The standard InChI is InChI=1S/C30H39N5O3/c1-6-23-14-21(15-25(32-23)18(2)3)11-12-30(22-9-7-8-10-22)17-26(36)24(28(37)38-30)16-27-33-29-31-19(4)13-20(5)35(29)34-27/h13-15,18,22,24H,6-12,16-17H2,1-5H3. The van der Waals surface area contributed by atoms with Crippen LogP contribution in [0, 0.1) is 25.7 Å². The third kappa shape index (κ3) is 5.22. The maximum Gasteiger partial charge on any atom is 0.317 e. The number of aryl methyl sites for hydroxylation is 4. The first-order valence-corrected chi connectivity index (χ1v) is 14.1. The van der Waals surface area contributed by atoms with Crippen molar-refractivity contribution in [3.63, 3.8) is 0 Å². The third-order valence-corrected chi connectivity index (χ3v) is 8.35. The van der Waals surface area contributed by atoms with Crippen LogP contribution in [0.1, 0.15) is 99.4 Å². The molecular formula is C30H39N5O3. The summed E-state index contributed by atoms with van der Waals surface area (Å²) in [7, 11) is 0. The minimum absolute atomic E-state index is 0.0558. The van der Waals surface area contributed by atoms with E-state index in [9.17, 15) is 9.59 Å². The zero-order chi connectivity index (χ0) is 27.0. The van der Waals surface area contributed by atoms with E-state index in [-0.39, 0.29) is 24.5 Å². The van der Waals surface area contributed by atoms with E-state index in [0.717, 1.165) is 61.3 Å². The van der Waals surface area contributed by atoms with Crippen molar-refractivity contribution < 1.29 is 14.3 Å². The average Bonchev–Trinajstić information content (AvgIpc) is 3.55. The van der Waals surface area contributed by atoms with Gasteiger partial charge in [-0.1, -0.05) is 33.6 Å². The predicted octanol–water partition coefficient (Wildman–Crippen LogP) is 5.06. The van der Waals surface area contributed by atoms with Crippen LogP contribution in [0.2, 0.25) is 0 Å². The van der Waals surface area contributed by atoms with Crippen molar-refractivity contribution in [1.82, 2.24) is 24.6 Å². The number of fused-ring (bicyclic) bond motifs is 1. The van der Waals surface area contributed by atoms with Crippen LogP contribution in [0.5, 0.6) is 0 Å². The summed E-state index contributed by atoms with van der Waals surface area (Å²) < 4.78 is 7.99. The summed E-state index contributed by atoms with van der Waals surface area (Å²) in [5.74, 6) is 0.133. The van der Waals surface area contributed by atoms with Crippen LogP contribution >= 0.6 is 0 Å². The molecule has 0 aromatic carbocycles. The maximum atomic E-state index is 13.6. The summed E-state index contributed by atoms with van der Waals surface area (Å²) >= 11 is 0. The van der Waals surface area contributed by atoms with Gasteiger partial charge in [-0.05, 0) is 81.5 Å². The van der Waals surface area contributed by atoms with Gasteiger partial charge in [0.05, 0.1) is 0 Å². The summed E-state index contributed by atoms with van der Waals surface area (Å²) in [5, 5.41) is 4.52. The van der Waals surface area contributed by atoms with E-state index in [2.05, 4.69) is 48.0 Å². The van der Waals surface area contributed by atoms with Crippen LogP contribution < -0.4 is 0 Å². The predicted molar refractivity (Wildman–Crippen MR) is 144 cm³/mol. The first kappa shape index (κ1) is 26.4. The molecule has 2 atom stereocenters. The van der Waals surface area contributed by atoms with E-state index in [1.807, 2.05) is 19.9 Å². The minimum atomic E-state index is -0.872. The van der Waals surface area contributed by atoms with Crippen LogP contribution in [0.15, 0.2) is 18.2 Å². The first-order valence-electron chi connectivity index (χ1n) is 14.1. The summed E-state index contributed by atoms with van der Waals surface area (Å²) in [6.45, 7) is 10.3. The zero-order valence-corrected chi connectivity index (χ0v) is 23.3. The van der Waals surface area contributed by atoms with Gasteiger partial charge in [0, 0.05) is 35.6 Å². The quantitative estimate of drug-likeness (QED) is 0.304. The number of esters is 1. The average molecular weight is 518 g/mol. The Hall–Kier alpha value is -3.16. The van der Waals surface area contributed by atoms with Crippen LogP contribution in [0.3, 0.4) is 0 Å². The van der Waals surface area contributed by atoms with Gasteiger partial charge in [-0.3, -0.25) is 14.6 Å². The van der Waals surface area contributed by atoms with E-state index in [4.69, 9.17) is 9.72 Å². The van der Waals surface area contributed by atoms with Gasteiger partial charge >= 0.3 is 5.97 Å². The minimum Gasteiger partial charge on any atom is -0.458 e. The third-order valence-electron chi connectivity index (χ3n) is 8.35. The molecule has 2 unspecified atom stereocenters. The number of ketones is 1. The molecule has 8 nitrogen and oxygen atoms in total. The lowest BCUT2D eigenvalue weighted by Gasteiger charge is -2.43. The molecule has 0 spiro atoms. The Balaban J connectivity index is 1.37. The van der Waals surface area contributed by atoms with Gasteiger partial charge in [0.1, 0.15) is 11.5 Å². The van der Waals surface area contributed by atoms with Gasteiger partial charge in [0.15, 0.2) is 11.6 Å². The fraction of sp³-hybridized carbons (Fsp3) is 0.600. The van der Waals surface area contributed by atoms with E-state index in [0.29, 0.717) is 23.9 Å². The molecule has 0 N–H and O–H groups in total. The molecule has 1 saturated heterocycles. The molecule has 38 heavy (non-hydrogen) atoms. The second kappa shape index (κ2) is 10.5. The lowest BCUT2D eigenvalue weighted by atomic mass is 9.73.